The second kappa shape index (κ2) is 6.93. The van der Waals surface area contributed by atoms with E-state index in [-0.39, 0.29) is 0 Å². The van der Waals surface area contributed by atoms with Crippen LogP contribution in [0.5, 0.6) is 0 Å². The number of nitrogens with zero attached hydrogens (tertiary/aromatic N) is 2. The second-order valence-electron chi connectivity index (χ2n) is 7.98. The van der Waals surface area contributed by atoms with Crippen molar-refractivity contribution in [1.82, 2.24) is 9.88 Å². The number of nitrogens with one attached hydrogen (secondary N) is 2. The number of anilines is 2. The van der Waals surface area contributed by atoms with E-state index in [1.165, 1.54) is 40.8 Å². The Kier molecular flexibility index (Phi) is 4.29. The molecule has 27 heavy (non-hydrogen) atoms. The Morgan fingerprint density at radius 2 is 1.93 bits per heavy atom. The highest BCUT2D eigenvalue weighted by Crippen LogP contribution is 2.36. The molecule has 0 bridgehead atoms. The highest BCUT2D eigenvalue weighted by atomic mass is 15.3. The van der Waals surface area contributed by atoms with Crippen LogP contribution in [0.15, 0.2) is 48.7 Å². The largest absolute Gasteiger partial charge is 0.384 e. The first kappa shape index (κ1) is 16.7. The molecule has 0 radical (unpaired) electrons. The van der Waals surface area contributed by atoms with Gasteiger partial charge in [0, 0.05) is 67.1 Å². The third-order valence-corrected chi connectivity index (χ3v) is 6.34. The average molecular weight is 361 g/mol. The van der Waals surface area contributed by atoms with Crippen LogP contribution in [0.2, 0.25) is 0 Å². The SMILES string of the molecule is Cc1cccc2c1[C@@H](CCN1CCN(c3ccc4[nH]ccc4c3)CC1)CN2. The lowest BCUT2D eigenvalue weighted by Crippen LogP contribution is -2.46. The molecule has 1 atom stereocenters. The number of piperazine rings is 1. The average Bonchev–Trinajstić information content (AvgIpc) is 3.34. The summed E-state index contributed by atoms with van der Waals surface area (Å²) in [6.45, 7) is 9.10. The summed E-state index contributed by atoms with van der Waals surface area (Å²) in [7, 11) is 0. The molecule has 5 rings (SSSR count). The fourth-order valence-corrected chi connectivity index (χ4v) is 4.76. The summed E-state index contributed by atoms with van der Waals surface area (Å²) in [4.78, 5) is 8.45. The van der Waals surface area contributed by atoms with E-state index in [1.807, 2.05) is 6.20 Å². The number of aryl methyl sites for hydroxylation is 1. The van der Waals surface area contributed by atoms with Crippen molar-refractivity contribution in [2.75, 3.05) is 49.5 Å². The minimum absolute atomic E-state index is 0.662. The predicted molar refractivity (Wildman–Crippen MR) is 114 cm³/mol. The van der Waals surface area contributed by atoms with Gasteiger partial charge in [-0.3, -0.25) is 4.90 Å². The van der Waals surface area contributed by atoms with E-state index in [1.54, 1.807) is 5.56 Å². The Morgan fingerprint density at radius 3 is 2.81 bits per heavy atom. The van der Waals surface area contributed by atoms with Crippen molar-refractivity contribution < 1.29 is 0 Å². The molecule has 0 amide bonds. The summed E-state index contributed by atoms with van der Waals surface area (Å²) in [5, 5.41) is 4.89. The fraction of sp³-hybridized carbons (Fsp3) is 0.391. The van der Waals surface area contributed by atoms with Gasteiger partial charge < -0.3 is 15.2 Å². The quantitative estimate of drug-likeness (QED) is 0.732. The molecule has 1 saturated heterocycles. The van der Waals surface area contributed by atoms with Crippen LogP contribution in [0.25, 0.3) is 10.9 Å². The summed E-state index contributed by atoms with van der Waals surface area (Å²) in [5.41, 5.74) is 6.91. The smallest absolute Gasteiger partial charge is 0.0455 e. The van der Waals surface area contributed by atoms with Crippen molar-refractivity contribution in [3.8, 4) is 0 Å². The molecular weight excluding hydrogens is 332 g/mol. The third-order valence-electron chi connectivity index (χ3n) is 6.34. The molecule has 0 saturated carbocycles. The lowest BCUT2D eigenvalue weighted by atomic mass is 9.93. The van der Waals surface area contributed by atoms with E-state index in [2.05, 4.69) is 69.5 Å². The maximum absolute atomic E-state index is 3.59. The van der Waals surface area contributed by atoms with Crippen molar-refractivity contribution >= 4 is 22.3 Å². The van der Waals surface area contributed by atoms with Crippen LogP contribution in [0.3, 0.4) is 0 Å². The number of aromatic amines is 1. The number of hydrogen-bond acceptors (Lipinski definition) is 3. The number of benzene rings is 2. The zero-order valence-electron chi connectivity index (χ0n) is 16.0. The zero-order chi connectivity index (χ0) is 18.2. The first-order valence-corrected chi connectivity index (χ1v) is 10.2. The summed E-state index contributed by atoms with van der Waals surface area (Å²) >= 11 is 0. The van der Waals surface area contributed by atoms with Gasteiger partial charge in [0.15, 0.2) is 0 Å². The number of fused-ring (bicyclic) bond motifs is 2. The molecule has 3 heterocycles. The van der Waals surface area contributed by atoms with Crippen LogP contribution in [-0.4, -0.2) is 49.2 Å². The molecule has 1 aromatic heterocycles. The maximum Gasteiger partial charge on any atom is 0.0455 e. The van der Waals surface area contributed by atoms with Crippen LogP contribution in [0.1, 0.15) is 23.5 Å². The number of rotatable bonds is 4. The van der Waals surface area contributed by atoms with Gasteiger partial charge in [-0.1, -0.05) is 12.1 Å². The Hall–Kier alpha value is -2.46. The van der Waals surface area contributed by atoms with Crippen molar-refractivity contribution in [3.05, 3.63) is 59.8 Å². The van der Waals surface area contributed by atoms with Crippen LogP contribution in [0, 0.1) is 6.92 Å². The summed E-state index contributed by atoms with van der Waals surface area (Å²) in [6, 6.07) is 15.5. The summed E-state index contributed by atoms with van der Waals surface area (Å²) < 4.78 is 0. The molecule has 4 heteroatoms. The molecule has 0 unspecified atom stereocenters. The highest BCUT2D eigenvalue weighted by Gasteiger charge is 2.25. The van der Waals surface area contributed by atoms with Crippen LogP contribution in [-0.2, 0) is 0 Å². The van der Waals surface area contributed by atoms with Gasteiger partial charge in [0.25, 0.3) is 0 Å². The lowest BCUT2D eigenvalue weighted by molar-refractivity contribution is 0.249. The Morgan fingerprint density at radius 1 is 1.04 bits per heavy atom. The van der Waals surface area contributed by atoms with Gasteiger partial charge in [0.1, 0.15) is 0 Å². The van der Waals surface area contributed by atoms with Crippen molar-refractivity contribution in [3.63, 3.8) is 0 Å². The van der Waals surface area contributed by atoms with E-state index in [4.69, 9.17) is 0 Å². The molecule has 0 spiro atoms. The summed E-state index contributed by atoms with van der Waals surface area (Å²) in [6.07, 6.45) is 3.27. The Bertz CT molecular complexity index is 936. The van der Waals surface area contributed by atoms with Gasteiger partial charge in [-0.15, -0.1) is 0 Å². The summed E-state index contributed by atoms with van der Waals surface area (Å²) in [5.74, 6) is 0.662. The molecule has 4 nitrogen and oxygen atoms in total. The third kappa shape index (κ3) is 3.19. The van der Waals surface area contributed by atoms with Crippen molar-refractivity contribution in [2.45, 2.75) is 19.3 Å². The van der Waals surface area contributed by atoms with Crippen molar-refractivity contribution in [1.29, 1.82) is 0 Å². The Labute approximate surface area is 161 Å². The number of aromatic nitrogens is 1. The molecule has 1 fully saturated rings. The van der Waals surface area contributed by atoms with E-state index >= 15 is 0 Å². The molecule has 3 aromatic rings. The molecule has 140 valence electrons. The molecular formula is C23H28N4. The molecule has 0 aliphatic carbocycles. The van der Waals surface area contributed by atoms with E-state index in [9.17, 15) is 0 Å². The number of H-pyrrole nitrogens is 1. The Balaban J connectivity index is 1.17. The molecule has 2 aliphatic rings. The minimum Gasteiger partial charge on any atom is -0.384 e. The van der Waals surface area contributed by atoms with Crippen LogP contribution >= 0.6 is 0 Å². The standard InChI is InChI=1S/C23H28N4/c1-17-3-2-4-22-23(17)19(16-25-22)8-10-26-11-13-27(14-12-26)20-5-6-21-18(15-20)7-9-24-21/h2-7,9,15,19,24-25H,8,10-14,16H2,1H3/t19-/m0/s1. The normalized spacial score (nSPS) is 20.0. The van der Waals surface area contributed by atoms with E-state index in [0.717, 1.165) is 32.7 Å². The van der Waals surface area contributed by atoms with Crippen LogP contribution < -0.4 is 10.2 Å². The maximum atomic E-state index is 3.59. The van der Waals surface area contributed by atoms with Crippen molar-refractivity contribution in [2.24, 2.45) is 0 Å². The van der Waals surface area contributed by atoms with Gasteiger partial charge in [-0.2, -0.15) is 0 Å². The topological polar surface area (TPSA) is 34.3 Å². The first-order valence-electron chi connectivity index (χ1n) is 10.2. The first-order chi connectivity index (χ1) is 13.3. The van der Waals surface area contributed by atoms with Gasteiger partial charge in [0.2, 0.25) is 0 Å². The highest BCUT2D eigenvalue weighted by molar-refractivity contribution is 5.83. The predicted octanol–water partition coefficient (Wildman–Crippen LogP) is 4.20. The van der Waals surface area contributed by atoms with Gasteiger partial charge in [-0.25, -0.2) is 0 Å². The lowest BCUT2D eigenvalue weighted by Gasteiger charge is -2.36. The minimum atomic E-state index is 0.662. The van der Waals surface area contributed by atoms with E-state index < -0.39 is 0 Å². The molecule has 2 N–H and O–H groups in total. The number of hydrogen-bond donors (Lipinski definition) is 2. The molecule has 2 aliphatic heterocycles. The van der Waals surface area contributed by atoms with Gasteiger partial charge in [0.05, 0.1) is 0 Å². The van der Waals surface area contributed by atoms with Crippen LogP contribution in [0.4, 0.5) is 11.4 Å². The fourth-order valence-electron chi connectivity index (χ4n) is 4.76. The van der Waals surface area contributed by atoms with E-state index in [0.29, 0.717) is 5.92 Å². The van der Waals surface area contributed by atoms with Gasteiger partial charge >= 0.3 is 0 Å². The van der Waals surface area contributed by atoms with Gasteiger partial charge in [-0.05, 0) is 61.3 Å². The monoisotopic (exact) mass is 360 g/mol. The second-order valence-corrected chi connectivity index (χ2v) is 7.98. The molecule has 2 aromatic carbocycles. The zero-order valence-corrected chi connectivity index (χ0v) is 16.0.